The van der Waals surface area contributed by atoms with E-state index >= 15 is 0 Å². The number of ether oxygens (including phenoxy) is 1. The van der Waals surface area contributed by atoms with Crippen molar-refractivity contribution in [3.63, 3.8) is 0 Å². The monoisotopic (exact) mass is 602 g/mol. The van der Waals surface area contributed by atoms with E-state index < -0.39 is 0 Å². The van der Waals surface area contributed by atoms with Gasteiger partial charge in [0.15, 0.2) is 0 Å². The number of hydrogen-bond acceptors (Lipinski definition) is 2. The molecule has 186 valence electrons. The first-order valence-corrected chi connectivity index (χ1v) is 15.3. The van der Waals surface area contributed by atoms with Gasteiger partial charge in [0, 0.05) is 9.58 Å². The van der Waals surface area contributed by atoms with Crippen molar-refractivity contribution in [1.82, 2.24) is 0 Å². The third kappa shape index (κ3) is 6.30. The van der Waals surface area contributed by atoms with Crippen molar-refractivity contribution in [3.8, 4) is 5.75 Å². The van der Waals surface area contributed by atoms with E-state index in [-0.39, 0.29) is 5.82 Å². The van der Waals surface area contributed by atoms with E-state index in [1.165, 1.54) is 85.1 Å². The van der Waals surface area contributed by atoms with Crippen molar-refractivity contribution in [2.45, 2.75) is 77.0 Å². The molecule has 2 aromatic carbocycles. The number of unbranched alkanes of at least 4 members (excludes halogenated alkanes) is 1. The molecule has 5 rings (SSSR count). The first-order valence-electron chi connectivity index (χ1n) is 13.4. The third-order valence-electron chi connectivity index (χ3n) is 8.12. The quantitative estimate of drug-likeness (QED) is 0.184. The van der Waals surface area contributed by atoms with Crippen molar-refractivity contribution in [2.24, 2.45) is 11.8 Å². The molecule has 1 aromatic heterocycles. The van der Waals surface area contributed by atoms with Gasteiger partial charge in [-0.15, -0.1) is 11.3 Å². The standard InChI is InChI=1S/C31H36FIOS/c1-2-3-4-21-5-10-26-18-31(35-30(26)17-21)25-13-11-24(12-14-25)23-8-6-22(7-9-23)20-34-27-15-16-28(32)29(33)19-27/h5-6,10,15-19,23-25H,2-4,7-9,11-14,20H2,1H3. The van der Waals surface area contributed by atoms with E-state index in [0.717, 1.165) is 29.9 Å². The van der Waals surface area contributed by atoms with Crippen LogP contribution in [0.1, 0.15) is 81.1 Å². The van der Waals surface area contributed by atoms with Crippen molar-refractivity contribution in [1.29, 1.82) is 0 Å². The summed E-state index contributed by atoms with van der Waals surface area (Å²) in [7, 11) is 0. The minimum Gasteiger partial charge on any atom is -0.489 e. The molecule has 35 heavy (non-hydrogen) atoms. The SMILES string of the molecule is CCCCc1ccc2cc(C3CCC(C4CC=C(COc5ccc(F)c(I)c5)CC4)CC3)sc2c1. The molecule has 1 fully saturated rings. The van der Waals surface area contributed by atoms with Gasteiger partial charge in [-0.05, 0) is 145 Å². The molecule has 2 aliphatic carbocycles. The van der Waals surface area contributed by atoms with E-state index in [2.05, 4.69) is 37.3 Å². The van der Waals surface area contributed by atoms with Gasteiger partial charge < -0.3 is 4.74 Å². The largest absolute Gasteiger partial charge is 0.489 e. The van der Waals surface area contributed by atoms with E-state index in [1.54, 1.807) is 17.0 Å². The summed E-state index contributed by atoms with van der Waals surface area (Å²) in [5, 5.41) is 1.44. The zero-order valence-corrected chi connectivity index (χ0v) is 23.7. The molecular formula is C31H36FIOS. The molecule has 0 aliphatic heterocycles. The van der Waals surface area contributed by atoms with E-state index in [4.69, 9.17) is 4.74 Å². The summed E-state index contributed by atoms with van der Waals surface area (Å²) >= 11 is 4.07. The van der Waals surface area contributed by atoms with Crippen LogP contribution in [0.5, 0.6) is 5.75 Å². The highest BCUT2D eigenvalue weighted by atomic mass is 127. The number of hydrogen-bond donors (Lipinski definition) is 0. The van der Waals surface area contributed by atoms with E-state index in [9.17, 15) is 4.39 Å². The highest BCUT2D eigenvalue weighted by Crippen LogP contribution is 2.45. The van der Waals surface area contributed by atoms with Gasteiger partial charge >= 0.3 is 0 Å². The topological polar surface area (TPSA) is 9.23 Å². The Balaban J connectivity index is 1.11. The maximum atomic E-state index is 13.5. The predicted molar refractivity (Wildman–Crippen MR) is 155 cm³/mol. The van der Waals surface area contributed by atoms with Crippen molar-refractivity contribution in [2.75, 3.05) is 6.61 Å². The van der Waals surface area contributed by atoms with Crippen molar-refractivity contribution in [3.05, 3.63) is 73.9 Å². The Kier molecular flexibility index (Phi) is 8.49. The van der Waals surface area contributed by atoms with Gasteiger partial charge in [0.25, 0.3) is 0 Å². The second kappa shape index (κ2) is 11.8. The fourth-order valence-electron chi connectivity index (χ4n) is 5.92. The second-order valence-corrected chi connectivity index (χ2v) is 12.8. The van der Waals surface area contributed by atoms with Gasteiger partial charge in [-0.1, -0.05) is 31.6 Å². The maximum Gasteiger partial charge on any atom is 0.136 e. The molecule has 2 aliphatic rings. The van der Waals surface area contributed by atoms with Crippen LogP contribution in [0.4, 0.5) is 4.39 Å². The van der Waals surface area contributed by atoms with Gasteiger partial charge in [-0.25, -0.2) is 4.39 Å². The van der Waals surface area contributed by atoms with Crippen molar-refractivity contribution >= 4 is 44.0 Å². The molecule has 0 N–H and O–H groups in total. The molecule has 3 aromatic rings. The molecular weight excluding hydrogens is 566 g/mol. The van der Waals surface area contributed by atoms with Gasteiger partial charge in [0.2, 0.25) is 0 Å². The van der Waals surface area contributed by atoms with Crippen LogP contribution in [0.15, 0.2) is 54.1 Å². The average Bonchev–Trinajstić information content (AvgIpc) is 3.32. The molecule has 0 radical (unpaired) electrons. The summed E-state index contributed by atoms with van der Waals surface area (Å²) in [6.07, 6.45) is 15.2. The van der Waals surface area contributed by atoms with Crippen LogP contribution < -0.4 is 4.74 Å². The summed E-state index contributed by atoms with van der Waals surface area (Å²) in [5.41, 5.74) is 2.90. The van der Waals surface area contributed by atoms with Crippen LogP contribution in [0.2, 0.25) is 0 Å². The molecule has 1 saturated carbocycles. The average molecular weight is 603 g/mol. The number of thiophene rings is 1. The number of allylic oxidation sites excluding steroid dienone is 1. The summed E-state index contributed by atoms with van der Waals surface area (Å²) in [5.74, 6) is 3.03. The number of aryl methyl sites for hydroxylation is 1. The lowest BCUT2D eigenvalue weighted by molar-refractivity contribution is 0.215. The second-order valence-electron chi connectivity index (χ2n) is 10.5. The Hall–Kier alpha value is -1.40. The number of benzene rings is 2. The first-order chi connectivity index (χ1) is 17.1. The van der Waals surface area contributed by atoms with Crippen LogP contribution in [-0.2, 0) is 6.42 Å². The molecule has 1 nitrogen and oxygen atoms in total. The highest BCUT2D eigenvalue weighted by molar-refractivity contribution is 14.1. The van der Waals surface area contributed by atoms with Crippen LogP contribution in [0.25, 0.3) is 10.1 Å². The van der Waals surface area contributed by atoms with Gasteiger partial charge in [0.05, 0.1) is 3.57 Å². The van der Waals surface area contributed by atoms with Crippen LogP contribution in [0.3, 0.4) is 0 Å². The lowest BCUT2D eigenvalue weighted by Crippen LogP contribution is -2.23. The molecule has 1 unspecified atom stereocenters. The fourth-order valence-corrected chi connectivity index (χ4v) is 7.70. The third-order valence-corrected chi connectivity index (χ3v) is 10.2. The lowest BCUT2D eigenvalue weighted by atomic mass is 9.71. The van der Waals surface area contributed by atoms with Crippen molar-refractivity contribution < 1.29 is 9.13 Å². The highest BCUT2D eigenvalue weighted by Gasteiger charge is 2.30. The Labute approximate surface area is 227 Å². The van der Waals surface area contributed by atoms with E-state index in [1.807, 2.05) is 33.9 Å². The van der Waals surface area contributed by atoms with Gasteiger partial charge in [0.1, 0.15) is 18.2 Å². The number of fused-ring (bicyclic) bond motifs is 1. The maximum absolute atomic E-state index is 13.5. The van der Waals surface area contributed by atoms with Gasteiger partial charge in [-0.2, -0.15) is 0 Å². The summed E-state index contributed by atoms with van der Waals surface area (Å²) in [6, 6.07) is 14.6. The Morgan fingerprint density at radius 3 is 2.60 bits per heavy atom. The normalized spacial score (nSPS) is 22.8. The zero-order valence-electron chi connectivity index (χ0n) is 20.7. The summed E-state index contributed by atoms with van der Waals surface area (Å²) in [6.45, 7) is 2.90. The number of halogens is 2. The van der Waals surface area contributed by atoms with Crippen LogP contribution >= 0.6 is 33.9 Å². The molecule has 0 bridgehead atoms. The molecule has 0 saturated heterocycles. The smallest absolute Gasteiger partial charge is 0.136 e. The summed E-state index contributed by atoms with van der Waals surface area (Å²) in [4.78, 5) is 1.62. The molecule has 1 atom stereocenters. The van der Waals surface area contributed by atoms with Crippen LogP contribution in [0, 0.1) is 21.2 Å². The Morgan fingerprint density at radius 2 is 1.86 bits per heavy atom. The first kappa shape index (κ1) is 25.3. The lowest BCUT2D eigenvalue weighted by Gasteiger charge is -2.35. The van der Waals surface area contributed by atoms with Gasteiger partial charge in [-0.3, -0.25) is 0 Å². The Bertz CT molecular complexity index is 1170. The number of rotatable bonds is 8. The van der Waals surface area contributed by atoms with Crippen LogP contribution in [-0.4, -0.2) is 6.61 Å². The minimum absolute atomic E-state index is 0.184. The minimum atomic E-state index is -0.184. The predicted octanol–water partition coefficient (Wildman–Crippen LogP) is 10.1. The molecule has 0 spiro atoms. The van der Waals surface area contributed by atoms with E-state index in [0.29, 0.717) is 10.2 Å². The zero-order chi connectivity index (χ0) is 24.2. The molecule has 4 heteroatoms. The molecule has 0 amide bonds. The Morgan fingerprint density at radius 1 is 1.00 bits per heavy atom. The fraction of sp³-hybridized carbons (Fsp3) is 0.484. The molecule has 1 heterocycles. The summed E-state index contributed by atoms with van der Waals surface area (Å²) < 4.78 is 21.5.